The summed E-state index contributed by atoms with van der Waals surface area (Å²) in [6.07, 6.45) is 7.14. The molecule has 680 valence electrons. The van der Waals surface area contributed by atoms with Crippen LogP contribution in [0.3, 0.4) is 0 Å². The number of hydrogen-bond donors (Lipinski definition) is 0. The van der Waals surface area contributed by atoms with Crippen molar-refractivity contribution in [1.29, 1.82) is 0 Å². The highest BCUT2D eigenvalue weighted by Crippen LogP contribution is 2.52. The van der Waals surface area contributed by atoms with E-state index in [0.717, 1.165) is 119 Å². The molecule has 6 heterocycles. The summed E-state index contributed by atoms with van der Waals surface area (Å²) < 4.78 is 20.3. The highest BCUT2D eigenvalue weighted by atomic mass is 16.5. The SMILES string of the molecule is CCC(COCC(C)N1C(=O)c2ccc3c4ccc5c6c(ccc(c7ccc(c2c37)C1=O)c64)C(=O)N(CCCCc1ccccc1)C5=O)(COCC(C)N1C(=O)c2ccc3c4ccc5c6c(ccc(c7ccc(c2c37)C1=O)c64)C(=O)N(CCCCc1ccccc1)C5=O)COCC(C)N1C(=O)c2ccc3c4ccc5c6c(ccc(c7ccc(c2c37)C1=O)c64)C(=O)N(CCCCc1ccccc1)C5=O. The molecule has 0 fully saturated rings. The molecule has 18 aromatic rings. The lowest BCUT2D eigenvalue weighted by molar-refractivity contribution is -0.0841. The van der Waals surface area contributed by atoms with Gasteiger partial charge in [0, 0.05) is 124 Å². The Hall–Kier alpha value is -15.4. The zero-order valence-corrected chi connectivity index (χ0v) is 76.5. The number of benzene rings is 18. The third kappa shape index (κ3) is 12.9. The molecule has 0 saturated carbocycles. The number of aryl methyl sites for hydroxylation is 3. The smallest absolute Gasteiger partial charge is 0.261 e. The Kier molecular flexibility index (Phi) is 20.4. The minimum Gasteiger partial charge on any atom is -0.379 e. The largest absolute Gasteiger partial charge is 0.379 e. The first kappa shape index (κ1) is 85.5. The van der Waals surface area contributed by atoms with Crippen molar-refractivity contribution in [2.45, 2.75) is 110 Å². The van der Waals surface area contributed by atoms with Crippen LogP contribution in [0.5, 0.6) is 0 Å². The molecule has 0 bridgehead atoms. The van der Waals surface area contributed by atoms with E-state index in [2.05, 4.69) is 36.4 Å². The molecule has 6 aliphatic heterocycles. The molecule has 138 heavy (non-hydrogen) atoms. The van der Waals surface area contributed by atoms with Gasteiger partial charge in [0.15, 0.2) is 0 Å². The van der Waals surface area contributed by atoms with Crippen LogP contribution in [-0.4, -0.2) is 178 Å². The van der Waals surface area contributed by atoms with Crippen LogP contribution < -0.4 is 0 Å². The predicted molar refractivity (Wildman–Crippen MR) is 532 cm³/mol. The van der Waals surface area contributed by atoms with Crippen molar-refractivity contribution >= 4 is 200 Å². The van der Waals surface area contributed by atoms with Crippen molar-refractivity contribution in [2.75, 3.05) is 59.3 Å². The molecular weight excluding hydrogens is 1730 g/mol. The summed E-state index contributed by atoms with van der Waals surface area (Å²) in [5, 5.41) is 16.8. The first-order valence-corrected chi connectivity index (χ1v) is 47.9. The zero-order chi connectivity index (χ0) is 94.3. The molecule has 3 unspecified atom stereocenters. The fourth-order valence-corrected chi connectivity index (χ4v) is 23.5. The van der Waals surface area contributed by atoms with Gasteiger partial charge in [0.25, 0.3) is 70.9 Å². The summed E-state index contributed by atoms with van der Waals surface area (Å²) in [4.78, 5) is 186. The van der Waals surface area contributed by atoms with Crippen LogP contribution in [0.4, 0.5) is 0 Å². The van der Waals surface area contributed by atoms with Crippen LogP contribution in [-0.2, 0) is 33.5 Å². The Balaban J connectivity index is 0.495. The summed E-state index contributed by atoms with van der Waals surface area (Å²) >= 11 is 0. The number of unbranched alkanes of at least 4 members (excludes halogenated alkanes) is 3. The second kappa shape index (κ2) is 33.0. The predicted octanol–water partition coefficient (Wildman–Crippen LogP) is 21.5. The molecule has 0 aromatic heterocycles. The molecule has 21 heteroatoms. The van der Waals surface area contributed by atoms with Crippen molar-refractivity contribution < 1.29 is 71.7 Å². The Bertz CT molecular complexity index is 7310. The van der Waals surface area contributed by atoms with E-state index in [1.807, 2.05) is 134 Å². The Morgan fingerprint density at radius 2 is 0.391 bits per heavy atom. The van der Waals surface area contributed by atoms with Gasteiger partial charge in [0.1, 0.15) is 0 Å². The molecule has 0 saturated heterocycles. The average molecular weight is 1820 g/mol. The van der Waals surface area contributed by atoms with Gasteiger partial charge in [-0.25, -0.2) is 0 Å². The highest BCUT2D eigenvalue weighted by molar-refractivity contribution is 6.46. The fourth-order valence-electron chi connectivity index (χ4n) is 23.5. The number of imide groups is 6. The standard InChI is InChI=1S/C117H92N6O15/c1-5-117(60-136-57-63(2)121-111(130)87-48-36-75-69-30-42-81-99-82(106(125)118(105(81)124)54-18-15-27-66-21-9-6-10-22-66)43-31-70(93(69)99)76-37-49-88(112(121)131)102(87)96(75)76,61-137-58-64(3)122-113(132)89-50-38-77-71-32-44-83-100-84(108(127)119(107(83)126)55-19-16-28-67-23-11-7-12-24-67)45-33-72(94(71)100)78-39-51-90(114(122)133)103(89)97(77)78)62-138-59-65(4)123-115(134)91-52-40-79-73-34-46-85-101-86(110(129)120(109(85)128)56-20-17-29-68-25-13-8-14-26-68)47-35-74(95(73)101)80-41-53-92(116(123)135)104(91)98(79)80/h6-14,21-26,30-53,63-65H,5,15-20,27-29,54-62H2,1-4H3. The van der Waals surface area contributed by atoms with Crippen molar-refractivity contribution in [2.24, 2.45) is 5.41 Å². The molecule has 12 amide bonds. The van der Waals surface area contributed by atoms with Crippen LogP contribution in [0.2, 0.25) is 0 Å². The molecule has 24 rings (SSSR count). The number of nitrogens with zero attached hydrogens (tertiary/aromatic N) is 6. The van der Waals surface area contributed by atoms with Crippen LogP contribution in [0.25, 0.3) is 129 Å². The number of ether oxygens (including phenoxy) is 3. The third-order valence-electron chi connectivity index (χ3n) is 30.4. The second-order valence-corrected chi connectivity index (χ2v) is 38.4. The Labute approximate surface area is 791 Å². The number of amides is 12. The normalized spacial score (nSPS) is 16.1. The van der Waals surface area contributed by atoms with E-state index in [0.29, 0.717) is 141 Å². The molecule has 0 spiro atoms. The van der Waals surface area contributed by atoms with Gasteiger partial charge in [-0.05, 0) is 271 Å². The number of fused-ring (bicyclic) bond motifs is 6. The topological polar surface area (TPSA) is 252 Å². The van der Waals surface area contributed by atoms with Gasteiger partial charge in [-0.15, -0.1) is 0 Å². The minimum atomic E-state index is -1.05. The summed E-state index contributed by atoms with van der Waals surface area (Å²) in [7, 11) is 0. The van der Waals surface area contributed by atoms with E-state index >= 15 is 28.8 Å². The quantitative estimate of drug-likeness (QED) is 0.0169. The molecular formula is C117H92N6O15. The van der Waals surface area contributed by atoms with Gasteiger partial charge in [-0.3, -0.25) is 86.9 Å². The number of carbonyl (C=O) groups excluding carboxylic acids is 12. The molecule has 0 radical (unpaired) electrons. The Morgan fingerprint density at radius 3 is 0.565 bits per heavy atom. The van der Waals surface area contributed by atoms with Gasteiger partial charge in [-0.1, -0.05) is 171 Å². The van der Waals surface area contributed by atoms with Crippen LogP contribution in [0.1, 0.15) is 214 Å². The fraction of sp³-hybridized carbons (Fsp3) is 0.231. The van der Waals surface area contributed by atoms with Crippen molar-refractivity contribution in [3.05, 3.63) is 320 Å². The van der Waals surface area contributed by atoms with Crippen LogP contribution in [0, 0.1) is 5.41 Å². The minimum absolute atomic E-state index is 0.0759. The molecule has 0 N–H and O–H groups in total. The van der Waals surface area contributed by atoms with Gasteiger partial charge in [0.2, 0.25) is 0 Å². The summed E-state index contributed by atoms with van der Waals surface area (Å²) in [6, 6.07) is 71.7. The van der Waals surface area contributed by atoms with E-state index in [1.54, 1.807) is 93.6 Å². The lowest BCUT2D eigenvalue weighted by Gasteiger charge is -2.37. The van der Waals surface area contributed by atoms with Crippen LogP contribution in [0.15, 0.2) is 237 Å². The van der Waals surface area contributed by atoms with Gasteiger partial charge >= 0.3 is 0 Å². The number of rotatable bonds is 31. The first-order chi connectivity index (χ1) is 67.2. The van der Waals surface area contributed by atoms with E-state index in [9.17, 15) is 28.8 Å². The van der Waals surface area contributed by atoms with Gasteiger partial charge < -0.3 is 14.2 Å². The maximum Gasteiger partial charge on any atom is 0.261 e. The Morgan fingerprint density at radius 1 is 0.217 bits per heavy atom. The molecule has 6 aliphatic rings. The van der Waals surface area contributed by atoms with E-state index < -0.39 is 59.0 Å². The summed E-state index contributed by atoms with van der Waals surface area (Å²) in [5.41, 5.74) is 7.03. The van der Waals surface area contributed by atoms with E-state index in [4.69, 9.17) is 14.2 Å². The molecule has 3 atom stereocenters. The monoisotopic (exact) mass is 1820 g/mol. The molecule has 21 nitrogen and oxygen atoms in total. The van der Waals surface area contributed by atoms with Crippen molar-refractivity contribution in [3.63, 3.8) is 0 Å². The molecule has 18 aromatic carbocycles. The zero-order valence-electron chi connectivity index (χ0n) is 76.5. The summed E-state index contributed by atoms with van der Waals surface area (Å²) in [6.45, 7) is 7.35. The highest BCUT2D eigenvalue weighted by Gasteiger charge is 2.46. The average Bonchev–Trinajstić information content (AvgIpc) is 0.695. The van der Waals surface area contributed by atoms with E-state index in [1.165, 1.54) is 46.1 Å². The third-order valence-corrected chi connectivity index (χ3v) is 30.4. The molecule has 0 aliphatic carbocycles. The lowest BCUT2D eigenvalue weighted by atomic mass is 9.82. The number of carbonyl (C=O) groups is 12. The van der Waals surface area contributed by atoms with Crippen LogP contribution >= 0.6 is 0 Å². The lowest BCUT2D eigenvalue weighted by Crippen LogP contribution is -2.49. The maximum atomic E-state index is 15.3. The first-order valence-electron chi connectivity index (χ1n) is 47.9. The van der Waals surface area contributed by atoms with Crippen molar-refractivity contribution in [1.82, 2.24) is 29.4 Å². The number of hydrogen-bond acceptors (Lipinski definition) is 15. The second-order valence-electron chi connectivity index (χ2n) is 38.4. The maximum absolute atomic E-state index is 15.3. The summed E-state index contributed by atoms with van der Waals surface area (Å²) in [5.74, 6) is -5.24. The van der Waals surface area contributed by atoms with Gasteiger partial charge in [0.05, 0.1) is 57.8 Å². The van der Waals surface area contributed by atoms with Crippen molar-refractivity contribution in [3.8, 4) is 0 Å². The van der Waals surface area contributed by atoms with E-state index in [-0.39, 0.29) is 94.7 Å². The van der Waals surface area contributed by atoms with Gasteiger partial charge in [-0.2, -0.15) is 0 Å².